The smallest absolute Gasteiger partial charge is 0.272 e. The van der Waals surface area contributed by atoms with Crippen LogP contribution in [-0.2, 0) is 4.79 Å². The van der Waals surface area contributed by atoms with Crippen molar-refractivity contribution in [2.75, 3.05) is 18.6 Å². The van der Waals surface area contributed by atoms with Crippen molar-refractivity contribution in [1.29, 1.82) is 0 Å². The van der Waals surface area contributed by atoms with Crippen LogP contribution in [0.15, 0.2) is 23.1 Å². The molecule has 1 fully saturated rings. The Morgan fingerprint density at radius 3 is 2.94 bits per heavy atom. The molecule has 0 aliphatic carbocycles. The van der Waals surface area contributed by atoms with Crippen molar-refractivity contribution < 1.29 is 9.90 Å². The van der Waals surface area contributed by atoms with E-state index in [4.69, 9.17) is 0 Å². The van der Waals surface area contributed by atoms with Gasteiger partial charge in [-0.25, -0.2) is 9.69 Å². The van der Waals surface area contributed by atoms with E-state index >= 15 is 0 Å². The normalized spacial score (nSPS) is 23.1. The number of likely N-dealkylation sites (N-methyl/N-ethyl adjacent to an activating group) is 1. The molecule has 1 aromatic rings. The lowest BCUT2D eigenvalue weighted by atomic mass is 10.2. The zero-order chi connectivity index (χ0) is 13.3. The third kappa shape index (κ3) is 2.30. The number of nitrogens with zero attached hydrogens (tertiary/aromatic N) is 2. The number of carbonyl (C=O) groups excluding carboxylic acids is 1. The minimum atomic E-state index is -0.499. The summed E-state index contributed by atoms with van der Waals surface area (Å²) in [6, 6.07) is 2.99. The standard InChI is InChI=1S/C12H17N3O3/c1-8-4-3-5-15(11(8)17)14(2)12(18)10-6-9(16)7-13-10/h3-5,9-10,13,16H,6-7H2,1-2H3. The van der Waals surface area contributed by atoms with Gasteiger partial charge in [0.1, 0.15) is 0 Å². The molecule has 1 amide bonds. The Morgan fingerprint density at radius 1 is 1.61 bits per heavy atom. The molecule has 1 aromatic heterocycles. The summed E-state index contributed by atoms with van der Waals surface area (Å²) in [7, 11) is 1.55. The van der Waals surface area contributed by atoms with Gasteiger partial charge in [0.15, 0.2) is 0 Å². The van der Waals surface area contributed by atoms with E-state index < -0.39 is 12.1 Å². The molecule has 0 aromatic carbocycles. The summed E-state index contributed by atoms with van der Waals surface area (Å²) >= 11 is 0. The number of aromatic nitrogens is 1. The molecule has 2 N–H and O–H groups in total. The minimum absolute atomic E-state index is 0.216. The van der Waals surface area contributed by atoms with Crippen LogP contribution in [0, 0.1) is 6.92 Å². The highest BCUT2D eigenvalue weighted by Crippen LogP contribution is 2.08. The fourth-order valence-corrected chi connectivity index (χ4v) is 2.06. The number of hydrogen-bond acceptors (Lipinski definition) is 4. The number of aryl methyl sites for hydroxylation is 1. The molecule has 2 unspecified atom stereocenters. The molecular formula is C12H17N3O3. The molecule has 2 heterocycles. The monoisotopic (exact) mass is 251 g/mol. The summed E-state index contributed by atoms with van der Waals surface area (Å²) in [5, 5.41) is 13.6. The molecule has 1 aliphatic heterocycles. The average molecular weight is 251 g/mol. The van der Waals surface area contributed by atoms with E-state index in [0.29, 0.717) is 18.5 Å². The minimum Gasteiger partial charge on any atom is -0.392 e. The van der Waals surface area contributed by atoms with Gasteiger partial charge in [-0.05, 0) is 19.4 Å². The fourth-order valence-electron chi connectivity index (χ4n) is 2.06. The van der Waals surface area contributed by atoms with Crippen LogP contribution < -0.4 is 15.9 Å². The lowest BCUT2D eigenvalue weighted by molar-refractivity contribution is -0.121. The van der Waals surface area contributed by atoms with Gasteiger partial charge in [-0.2, -0.15) is 0 Å². The molecule has 2 rings (SSSR count). The Balaban J connectivity index is 2.21. The van der Waals surface area contributed by atoms with Crippen LogP contribution in [0.2, 0.25) is 0 Å². The van der Waals surface area contributed by atoms with E-state index in [9.17, 15) is 14.7 Å². The van der Waals surface area contributed by atoms with Crippen LogP contribution in [0.3, 0.4) is 0 Å². The highest BCUT2D eigenvalue weighted by molar-refractivity contribution is 5.90. The number of nitrogens with one attached hydrogen (secondary N) is 1. The van der Waals surface area contributed by atoms with E-state index in [1.54, 1.807) is 32.3 Å². The van der Waals surface area contributed by atoms with Gasteiger partial charge < -0.3 is 10.4 Å². The average Bonchev–Trinajstić information content (AvgIpc) is 2.77. The van der Waals surface area contributed by atoms with Crippen molar-refractivity contribution >= 4 is 5.91 Å². The summed E-state index contributed by atoms with van der Waals surface area (Å²) < 4.78 is 1.28. The predicted molar refractivity (Wildman–Crippen MR) is 67.0 cm³/mol. The lowest BCUT2D eigenvalue weighted by Crippen LogP contribution is -2.50. The number of aliphatic hydroxyl groups excluding tert-OH is 1. The first kappa shape index (κ1) is 12.8. The highest BCUT2D eigenvalue weighted by Gasteiger charge is 2.30. The van der Waals surface area contributed by atoms with Crippen molar-refractivity contribution in [1.82, 2.24) is 9.99 Å². The first-order valence-corrected chi connectivity index (χ1v) is 5.88. The highest BCUT2D eigenvalue weighted by atomic mass is 16.3. The lowest BCUT2D eigenvalue weighted by Gasteiger charge is -2.23. The number of rotatable bonds is 2. The molecular weight excluding hydrogens is 234 g/mol. The Kier molecular flexibility index (Phi) is 3.49. The molecule has 0 radical (unpaired) electrons. The van der Waals surface area contributed by atoms with Crippen LogP contribution >= 0.6 is 0 Å². The van der Waals surface area contributed by atoms with Gasteiger partial charge in [0, 0.05) is 25.4 Å². The van der Waals surface area contributed by atoms with Crippen LogP contribution in [0.25, 0.3) is 0 Å². The molecule has 18 heavy (non-hydrogen) atoms. The predicted octanol–water partition coefficient (Wildman–Crippen LogP) is -1.03. The van der Waals surface area contributed by atoms with E-state index in [1.807, 2.05) is 0 Å². The zero-order valence-corrected chi connectivity index (χ0v) is 10.5. The van der Waals surface area contributed by atoms with E-state index in [1.165, 1.54) is 9.69 Å². The van der Waals surface area contributed by atoms with Crippen molar-refractivity contribution in [2.24, 2.45) is 0 Å². The first-order valence-electron chi connectivity index (χ1n) is 5.88. The molecule has 0 bridgehead atoms. The summed E-state index contributed by atoms with van der Waals surface area (Å²) in [6.45, 7) is 2.11. The number of hydrogen-bond donors (Lipinski definition) is 2. The second-order valence-corrected chi connectivity index (χ2v) is 4.55. The van der Waals surface area contributed by atoms with Crippen LogP contribution in [-0.4, -0.2) is 41.4 Å². The van der Waals surface area contributed by atoms with Crippen LogP contribution in [0.4, 0.5) is 0 Å². The Morgan fingerprint density at radius 2 is 2.33 bits per heavy atom. The van der Waals surface area contributed by atoms with Crippen molar-refractivity contribution in [3.05, 3.63) is 34.2 Å². The number of β-amino-alcohol motifs (C(OH)–C–C–N with tert-alkyl or cyclic N) is 1. The van der Waals surface area contributed by atoms with Crippen molar-refractivity contribution in [2.45, 2.75) is 25.5 Å². The maximum absolute atomic E-state index is 12.1. The van der Waals surface area contributed by atoms with E-state index in [0.717, 1.165) is 0 Å². The molecule has 1 aliphatic rings. The summed E-state index contributed by atoms with van der Waals surface area (Å²) in [5.74, 6) is -0.223. The molecule has 6 heteroatoms. The van der Waals surface area contributed by atoms with Gasteiger partial charge in [0.25, 0.3) is 11.5 Å². The Bertz CT molecular complexity index is 512. The molecule has 2 atom stereocenters. The molecule has 0 spiro atoms. The first-order chi connectivity index (χ1) is 8.50. The van der Waals surface area contributed by atoms with Gasteiger partial charge in [-0.3, -0.25) is 9.59 Å². The maximum atomic E-state index is 12.1. The topological polar surface area (TPSA) is 74.6 Å². The molecule has 0 saturated carbocycles. The third-order valence-corrected chi connectivity index (χ3v) is 3.17. The number of carbonyl (C=O) groups is 1. The van der Waals surface area contributed by atoms with Crippen LogP contribution in [0.5, 0.6) is 0 Å². The SMILES string of the molecule is Cc1cccn(N(C)C(=O)C2CC(O)CN2)c1=O. The maximum Gasteiger partial charge on any atom is 0.272 e. The Hall–Kier alpha value is -1.66. The number of amides is 1. The largest absolute Gasteiger partial charge is 0.392 e. The summed E-state index contributed by atoms with van der Waals surface area (Å²) in [4.78, 5) is 24.0. The Labute approximate surface area is 105 Å². The van der Waals surface area contributed by atoms with Gasteiger partial charge in [-0.1, -0.05) is 6.07 Å². The quantitative estimate of drug-likeness (QED) is 0.705. The van der Waals surface area contributed by atoms with Crippen molar-refractivity contribution in [3.8, 4) is 0 Å². The molecule has 1 saturated heterocycles. The molecule has 6 nitrogen and oxygen atoms in total. The van der Waals surface area contributed by atoms with Crippen LogP contribution in [0.1, 0.15) is 12.0 Å². The number of pyridine rings is 1. The van der Waals surface area contributed by atoms with Gasteiger partial charge in [-0.15, -0.1) is 0 Å². The van der Waals surface area contributed by atoms with Gasteiger partial charge in [0.2, 0.25) is 0 Å². The zero-order valence-electron chi connectivity index (χ0n) is 10.5. The van der Waals surface area contributed by atoms with E-state index in [-0.39, 0.29) is 11.5 Å². The van der Waals surface area contributed by atoms with Gasteiger partial charge in [0.05, 0.1) is 12.1 Å². The molecule has 98 valence electrons. The summed E-state index contributed by atoms with van der Waals surface area (Å²) in [6.07, 6.45) is 1.43. The van der Waals surface area contributed by atoms with Crippen molar-refractivity contribution in [3.63, 3.8) is 0 Å². The second-order valence-electron chi connectivity index (χ2n) is 4.55. The van der Waals surface area contributed by atoms with Gasteiger partial charge >= 0.3 is 0 Å². The number of aliphatic hydroxyl groups is 1. The van der Waals surface area contributed by atoms with E-state index in [2.05, 4.69) is 5.32 Å². The fraction of sp³-hybridized carbons (Fsp3) is 0.500. The summed E-state index contributed by atoms with van der Waals surface area (Å²) in [5.41, 5.74) is 0.364. The third-order valence-electron chi connectivity index (χ3n) is 3.17. The second kappa shape index (κ2) is 4.91.